The monoisotopic (exact) mass is 271 g/mol. The van der Waals surface area contributed by atoms with Gasteiger partial charge in [0.2, 0.25) is 0 Å². The molecular weight excluding hydrogens is 266 g/mol. The predicted octanol–water partition coefficient (Wildman–Crippen LogP) is 1.25. The highest BCUT2D eigenvalue weighted by Crippen LogP contribution is 2.25. The van der Waals surface area contributed by atoms with Crippen LogP contribution in [0, 0.1) is 0 Å². The van der Waals surface area contributed by atoms with Gasteiger partial charge in [-0.15, -0.1) is 0 Å². The third kappa shape index (κ3) is 1.68. The summed E-state index contributed by atoms with van der Waals surface area (Å²) in [6.45, 7) is 0. The molecule has 78 valence electrons. The summed E-state index contributed by atoms with van der Waals surface area (Å²) in [7, 11) is 1.45. The molecule has 1 heterocycles. The Labute approximate surface area is 91.8 Å². The van der Waals surface area contributed by atoms with Crippen LogP contribution in [0.3, 0.4) is 0 Å². The highest BCUT2D eigenvalue weighted by atomic mass is 79.9. The summed E-state index contributed by atoms with van der Waals surface area (Å²) >= 11 is 3.22. The van der Waals surface area contributed by atoms with E-state index in [-0.39, 0.29) is 5.39 Å². The van der Waals surface area contributed by atoms with Gasteiger partial charge in [-0.05, 0) is 12.1 Å². The topological polar surface area (TPSA) is 72.3 Å². The Balaban J connectivity index is 3.03. The van der Waals surface area contributed by atoms with Gasteiger partial charge in [-0.2, -0.15) is 0 Å². The van der Waals surface area contributed by atoms with Crippen LogP contribution < -0.4 is 16.1 Å². The van der Waals surface area contributed by atoms with Crippen LogP contribution in [0.4, 0.5) is 0 Å². The van der Waals surface area contributed by atoms with Crippen molar-refractivity contribution in [2.45, 2.75) is 0 Å². The Morgan fingerprint density at radius 1 is 1.40 bits per heavy atom. The van der Waals surface area contributed by atoms with Crippen LogP contribution in [-0.4, -0.2) is 12.1 Å². The quantitative estimate of drug-likeness (QED) is 0.848. The van der Waals surface area contributed by atoms with E-state index >= 15 is 0 Å². The van der Waals surface area contributed by atoms with Crippen LogP contribution in [0.5, 0.6) is 5.75 Å². The molecule has 0 saturated heterocycles. The number of H-pyrrole nitrogens is 1. The fourth-order valence-corrected chi connectivity index (χ4v) is 1.74. The minimum absolute atomic E-state index is 0.265. The second-order valence-electron chi connectivity index (χ2n) is 2.83. The molecule has 0 aliphatic carbocycles. The number of hydrogen-bond donors (Lipinski definition) is 1. The van der Waals surface area contributed by atoms with Crippen LogP contribution in [0.1, 0.15) is 0 Å². The summed E-state index contributed by atoms with van der Waals surface area (Å²) in [5.74, 6) is -0.391. The zero-order valence-corrected chi connectivity index (χ0v) is 9.25. The Morgan fingerprint density at radius 3 is 2.80 bits per heavy atom. The van der Waals surface area contributed by atoms with Crippen molar-refractivity contribution >= 4 is 26.8 Å². The second kappa shape index (κ2) is 3.54. The van der Waals surface area contributed by atoms with E-state index in [9.17, 15) is 9.59 Å². The fourth-order valence-electron chi connectivity index (χ4n) is 1.30. The average molecular weight is 272 g/mol. The number of halogens is 1. The zero-order valence-electron chi connectivity index (χ0n) is 7.67. The summed E-state index contributed by atoms with van der Waals surface area (Å²) < 4.78 is 10.1. The van der Waals surface area contributed by atoms with E-state index < -0.39 is 11.4 Å². The van der Waals surface area contributed by atoms with Crippen molar-refractivity contribution in [3.05, 3.63) is 37.6 Å². The van der Waals surface area contributed by atoms with Crippen molar-refractivity contribution in [2.24, 2.45) is 0 Å². The molecule has 0 saturated carbocycles. The summed E-state index contributed by atoms with van der Waals surface area (Å²) in [6.07, 6.45) is 0. The number of benzene rings is 1. The van der Waals surface area contributed by atoms with Gasteiger partial charge in [0.15, 0.2) is 0 Å². The molecule has 6 heteroatoms. The molecule has 0 aliphatic rings. The second-order valence-corrected chi connectivity index (χ2v) is 3.75. The van der Waals surface area contributed by atoms with Gasteiger partial charge in [0.25, 0.3) is 0 Å². The molecule has 0 radical (unpaired) electrons. The van der Waals surface area contributed by atoms with E-state index in [4.69, 9.17) is 4.74 Å². The Morgan fingerprint density at radius 2 is 2.13 bits per heavy atom. The number of fused-ring (bicyclic) bond motifs is 1. The normalized spacial score (nSPS) is 10.5. The van der Waals surface area contributed by atoms with E-state index in [2.05, 4.69) is 25.3 Å². The number of methoxy groups -OCH3 is 1. The number of rotatable bonds is 1. The fraction of sp³-hybridized carbons (Fsp3) is 0.111. The molecule has 2 aromatic rings. The van der Waals surface area contributed by atoms with E-state index in [1.165, 1.54) is 7.11 Å². The lowest BCUT2D eigenvalue weighted by Gasteiger charge is -2.04. The van der Waals surface area contributed by atoms with Crippen molar-refractivity contribution in [1.29, 1.82) is 0 Å². The van der Waals surface area contributed by atoms with Crippen LogP contribution in [0.25, 0.3) is 10.9 Å². The van der Waals surface area contributed by atoms with Gasteiger partial charge >= 0.3 is 11.4 Å². The molecule has 0 bridgehead atoms. The first-order chi connectivity index (χ1) is 7.11. The average Bonchev–Trinajstić information content (AvgIpc) is 2.18. The molecule has 0 spiro atoms. The first-order valence-corrected chi connectivity index (χ1v) is 4.82. The molecule has 2 rings (SSSR count). The highest BCUT2D eigenvalue weighted by molar-refractivity contribution is 9.10. The number of aromatic nitrogens is 1. The third-order valence-electron chi connectivity index (χ3n) is 1.92. The van der Waals surface area contributed by atoms with E-state index in [1.54, 1.807) is 12.1 Å². The number of ether oxygens (including phenoxy) is 1. The van der Waals surface area contributed by atoms with Gasteiger partial charge in [-0.1, -0.05) is 15.9 Å². The van der Waals surface area contributed by atoms with Gasteiger partial charge in [-0.3, -0.25) is 4.98 Å². The molecule has 1 N–H and O–H groups in total. The highest BCUT2D eigenvalue weighted by Gasteiger charge is 2.09. The Kier molecular flexibility index (Phi) is 2.36. The number of nitrogens with one attached hydrogen (secondary N) is 1. The molecule has 0 amide bonds. The molecule has 0 unspecified atom stereocenters. The van der Waals surface area contributed by atoms with E-state index in [0.29, 0.717) is 15.7 Å². The van der Waals surface area contributed by atoms with Gasteiger partial charge < -0.3 is 9.15 Å². The van der Waals surface area contributed by atoms with E-state index in [0.717, 1.165) is 0 Å². The maximum absolute atomic E-state index is 11.4. The molecule has 15 heavy (non-hydrogen) atoms. The van der Waals surface area contributed by atoms with Crippen LogP contribution in [0.2, 0.25) is 0 Å². The molecular formula is C9H6BrNO4. The molecule has 1 aromatic heterocycles. The summed E-state index contributed by atoms with van der Waals surface area (Å²) in [5.41, 5.74) is -0.352. The lowest BCUT2D eigenvalue weighted by Crippen LogP contribution is -2.14. The SMILES string of the molecule is COc1cc(Br)cc2c(=O)oc(=O)[nH]c12. The van der Waals surface area contributed by atoms with Gasteiger partial charge in [0, 0.05) is 4.47 Å². The van der Waals surface area contributed by atoms with Crippen molar-refractivity contribution < 1.29 is 9.15 Å². The maximum Gasteiger partial charge on any atom is 0.419 e. The first kappa shape index (κ1) is 9.97. The standard InChI is InChI=1S/C9H6BrNO4/c1-14-6-3-4(10)2-5-7(6)11-9(13)15-8(5)12/h2-3H,1H3,(H,11,13). The largest absolute Gasteiger partial charge is 0.495 e. The zero-order chi connectivity index (χ0) is 11.0. The van der Waals surface area contributed by atoms with Crippen molar-refractivity contribution in [3.63, 3.8) is 0 Å². The van der Waals surface area contributed by atoms with Gasteiger partial charge in [0.1, 0.15) is 11.3 Å². The Bertz CT molecular complexity index is 628. The first-order valence-electron chi connectivity index (χ1n) is 4.02. The van der Waals surface area contributed by atoms with Crippen molar-refractivity contribution in [3.8, 4) is 5.75 Å². The molecule has 0 atom stereocenters. The predicted molar refractivity (Wildman–Crippen MR) is 57.4 cm³/mol. The summed E-state index contributed by atoms with van der Waals surface area (Å²) in [4.78, 5) is 24.7. The minimum Gasteiger partial charge on any atom is -0.495 e. The minimum atomic E-state index is -0.798. The maximum atomic E-state index is 11.4. The van der Waals surface area contributed by atoms with Crippen molar-refractivity contribution in [2.75, 3.05) is 7.11 Å². The van der Waals surface area contributed by atoms with E-state index in [1.807, 2.05) is 0 Å². The van der Waals surface area contributed by atoms with Crippen LogP contribution in [-0.2, 0) is 0 Å². The van der Waals surface area contributed by atoms with Crippen molar-refractivity contribution in [1.82, 2.24) is 4.98 Å². The van der Waals surface area contributed by atoms with Crippen LogP contribution in [0.15, 0.2) is 30.6 Å². The number of hydrogen-bond acceptors (Lipinski definition) is 4. The lowest BCUT2D eigenvalue weighted by atomic mass is 10.2. The lowest BCUT2D eigenvalue weighted by molar-refractivity contribution is 0.415. The third-order valence-corrected chi connectivity index (χ3v) is 2.38. The Hall–Kier alpha value is -1.56. The molecule has 0 fully saturated rings. The summed E-state index contributed by atoms with van der Waals surface area (Å²) in [6, 6.07) is 3.21. The smallest absolute Gasteiger partial charge is 0.419 e. The summed E-state index contributed by atoms with van der Waals surface area (Å²) in [5, 5.41) is 0.265. The number of aromatic amines is 1. The molecule has 1 aromatic carbocycles. The van der Waals surface area contributed by atoms with Gasteiger partial charge in [-0.25, -0.2) is 9.59 Å². The van der Waals surface area contributed by atoms with Gasteiger partial charge in [0.05, 0.1) is 12.5 Å². The molecule has 5 nitrogen and oxygen atoms in total. The molecule has 0 aliphatic heterocycles. The van der Waals surface area contributed by atoms with Crippen LogP contribution >= 0.6 is 15.9 Å².